The lowest BCUT2D eigenvalue weighted by molar-refractivity contribution is 0.0787. The molecule has 0 aliphatic heterocycles. The van der Waals surface area contributed by atoms with Gasteiger partial charge in [0, 0.05) is 12.8 Å². The van der Waals surface area contributed by atoms with Crippen LogP contribution in [0.1, 0.15) is 6.92 Å². The van der Waals surface area contributed by atoms with Crippen LogP contribution in [0.4, 0.5) is 5.69 Å². The number of methoxy groups -OCH3 is 1. The Morgan fingerprint density at radius 2 is 2.05 bits per heavy atom. The number of hydrogen-bond donors (Lipinski definition) is 1. The normalized spacial score (nSPS) is 12.3. The first kappa shape index (κ1) is 15.9. The average Bonchev–Trinajstić information content (AvgIpc) is 2.41. The topological polar surface area (TPSA) is 70.8 Å². The molecule has 1 atom stereocenters. The minimum absolute atomic E-state index is 0.406. The number of rotatable bonds is 9. The fourth-order valence-electron chi connectivity index (χ4n) is 1.46. The molecule has 0 bridgehead atoms. The Bertz CT molecular complexity index is 412. The van der Waals surface area contributed by atoms with Crippen molar-refractivity contribution in [3.8, 4) is 5.75 Å². The van der Waals surface area contributed by atoms with Crippen LogP contribution in [0.25, 0.3) is 0 Å². The molecule has 0 saturated carbocycles. The van der Waals surface area contributed by atoms with Crippen LogP contribution in [0.2, 0.25) is 0 Å². The third-order valence-corrected chi connectivity index (χ3v) is 3.77. The summed E-state index contributed by atoms with van der Waals surface area (Å²) in [6, 6.07) is 5.21. The van der Waals surface area contributed by atoms with Gasteiger partial charge in [-0.3, -0.25) is 4.21 Å². The molecule has 5 nitrogen and oxygen atoms in total. The van der Waals surface area contributed by atoms with Gasteiger partial charge in [0.25, 0.3) is 0 Å². The van der Waals surface area contributed by atoms with Crippen LogP contribution in [0, 0.1) is 0 Å². The molecule has 2 N–H and O–H groups in total. The van der Waals surface area contributed by atoms with Crippen molar-refractivity contribution in [1.82, 2.24) is 0 Å². The van der Waals surface area contributed by atoms with E-state index in [9.17, 15) is 4.21 Å². The second-order valence-corrected chi connectivity index (χ2v) is 5.33. The van der Waals surface area contributed by atoms with Crippen molar-refractivity contribution in [2.24, 2.45) is 0 Å². The van der Waals surface area contributed by atoms with Gasteiger partial charge in [0.05, 0.1) is 47.9 Å². The minimum Gasteiger partial charge on any atom is -0.494 e. The number of anilines is 1. The van der Waals surface area contributed by atoms with Crippen molar-refractivity contribution in [2.45, 2.75) is 11.8 Å². The Hall–Kier alpha value is -1.11. The predicted octanol–water partition coefficient (Wildman–Crippen LogP) is 1.44. The van der Waals surface area contributed by atoms with Crippen LogP contribution in [-0.4, -0.2) is 43.5 Å². The fraction of sp³-hybridized carbons (Fsp3) is 0.538. The highest BCUT2D eigenvalue weighted by molar-refractivity contribution is 7.85. The molecule has 0 aliphatic rings. The number of ether oxygens (including phenoxy) is 3. The molecular weight excluding hydrogens is 266 g/mol. The van der Waals surface area contributed by atoms with Crippen LogP contribution < -0.4 is 10.5 Å². The zero-order valence-electron chi connectivity index (χ0n) is 11.4. The Morgan fingerprint density at radius 1 is 1.26 bits per heavy atom. The third kappa shape index (κ3) is 5.59. The molecular formula is C13H21NO4S. The van der Waals surface area contributed by atoms with Gasteiger partial charge in [-0.2, -0.15) is 0 Å². The van der Waals surface area contributed by atoms with Gasteiger partial charge in [-0.1, -0.05) is 0 Å². The van der Waals surface area contributed by atoms with E-state index in [0.717, 1.165) is 0 Å². The summed E-state index contributed by atoms with van der Waals surface area (Å²) in [5.41, 5.74) is 6.34. The zero-order valence-corrected chi connectivity index (χ0v) is 12.2. The van der Waals surface area contributed by atoms with Gasteiger partial charge < -0.3 is 19.9 Å². The fourth-order valence-corrected chi connectivity index (χ4v) is 2.52. The number of nitrogens with two attached hydrogens (primary N) is 1. The largest absolute Gasteiger partial charge is 0.494 e. The summed E-state index contributed by atoms with van der Waals surface area (Å²) >= 11 is 0. The lowest BCUT2D eigenvalue weighted by Gasteiger charge is -2.09. The second-order valence-electron chi connectivity index (χ2n) is 3.79. The SMILES string of the molecule is CCOc1ccc(N)c(S(=O)CCOCCOC)c1. The highest BCUT2D eigenvalue weighted by Gasteiger charge is 2.09. The van der Waals surface area contributed by atoms with Gasteiger partial charge in [0.1, 0.15) is 5.75 Å². The van der Waals surface area contributed by atoms with Crippen LogP contribution in [0.15, 0.2) is 23.1 Å². The number of hydrogen-bond acceptors (Lipinski definition) is 5. The maximum atomic E-state index is 12.1. The maximum absolute atomic E-state index is 12.1. The standard InChI is InChI=1S/C13H21NO4S/c1-3-18-11-4-5-12(14)13(10-11)19(15)9-8-17-7-6-16-2/h4-5,10H,3,6-9,14H2,1-2H3. The van der Waals surface area contributed by atoms with Crippen molar-refractivity contribution in [1.29, 1.82) is 0 Å². The van der Waals surface area contributed by atoms with Crippen LogP contribution in [0.3, 0.4) is 0 Å². The van der Waals surface area contributed by atoms with E-state index in [1.807, 2.05) is 6.92 Å². The molecule has 1 unspecified atom stereocenters. The Morgan fingerprint density at radius 3 is 2.74 bits per heavy atom. The van der Waals surface area contributed by atoms with E-state index in [0.29, 0.717) is 48.5 Å². The summed E-state index contributed by atoms with van der Waals surface area (Å²) in [6.45, 7) is 3.91. The van der Waals surface area contributed by atoms with Gasteiger partial charge >= 0.3 is 0 Å². The molecule has 0 heterocycles. The lowest BCUT2D eigenvalue weighted by atomic mass is 10.3. The van der Waals surface area contributed by atoms with Crippen molar-refractivity contribution in [3.05, 3.63) is 18.2 Å². The summed E-state index contributed by atoms with van der Waals surface area (Å²) in [4.78, 5) is 0.598. The Kier molecular flexibility index (Phi) is 7.47. The summed E-state index contributed by atoms with van der Waals surface area (Å²) < 4.78 is 27.6. The van der Waals surface area contributed by atoms with E-state index >= 15 is 0 Å². The summed E-state index contributed by atoms with van der Waals surface area (Å²) in [5.74, 6) is 1.09. The smallest absolute Gasteiger partial charge is 0.120 e. The molecule has 0 amide bonds. The highest BCUT2D eigenvalue weighted by atomic mass is 32.2. The second kappa shape index (κ2) is 8.90. The van der Waals surface area contributed by atoms with Crippen molar-refractivity contribution < 1.29 is 18.4 Å². The number of nitrogen functional groups attached to an aromatic ring is 1. The summed E-state index contributed by atoms with van der Waals surface area (Å²) in [7, 11) is 0.427. The van der Waals surface area contributed by atoms with E-state index in [1.165, 1.54) is 0 Å². The molecule has 1 rings (SSSR count). The predicted molar refractivity (Wildman–Crippen MR) is 76.0 cm³/mol. The van der Waals surface area contributed by atoms with Gasteiger partial charge in [-0.25, -0.2) is 0 Å². The Labute approximate surface area is 116 Å². The summed E-state index contributed by atoms with van der Waals surface area (Å²) in [5, 5.41) is 0. The molecule has 108 valence electrons. The summed E-state index contributed by atoms with van der Waals surface area (Å²) in [6.07, 6.45) is 0. The van der Waals surface area contributed by atoms with E-state index in [2.05, 4.69) is 0 Å². The van der Waals surface area contributed by atoms with Crippen LogP contribution in [0.5, 0.6) is 5.75 Å². The minimum atomic E-state index is -1.19. The average molecular weight is 287 g/mol. The van der Waals surface area contributed by atoms with Crippen molar-refractivity contribution in [3.63, 3.8) is 0 Å². The molecule has 1 aromatic carbocycles. The van der Waals surface area contributed by atoms with Crippen molar-refractivity contribution in [2.75, 3.05) is 45.0 Å². The maximum Gasteiger partial charge on any atom is 0.120 e. The monoisotopic (exact) mass is 287 g/mol. The lowest BCUT2D eigenvalue weighted by Crippen LogP contribution is -2.11. The molecule has 0 aromatic heterocycles. The van der Waals surface area contributed by atoms with E-state index in [1.54, 1.807) is 25.3 Å². The van der Waals surface area contributed by atoms with Crippen LogP contribution in [-0.2, 0) is 20.3 Å². The zero-order chi connectivity index (χ0) is 14.1. The Balaban J connectivity index is 2.53. The first-order valence-electron chi connectivity index (χ1n) is 6.16. The molecule has 0 saturated heterocycles. The van der Waals surface area contributed by atoms with E-state index in [4.69, 9.17) is 19.9 Å². The molecule has 0 fully saturated rings. The molecule has 19 heavy (non-hydrogen) atoms. The van der Waals surface area contributed by atoms with Gasteiger partial charge in [-0.15, -0.1) is 0 Å². The highest BCUT2D eigenvalue weighted by Crippen LogP contribution is 2.23. The van der Waals surface area contributed by atoms with E-state index in [-0.39, 0.29) is 0 Å². The van der Waals surface area contributed by atoms with E-state index < -0.39 is 10.8 Å². The molecule has 0 radical (unpaired) electrons. The first-order valence-corrected chi connectivity index (χ1v) is 7.48. The van der Waals surface area contributed by atoms with Gasteiger partial charge in [-0.05, 0) is 25.1 Å². The van der Waals surface area contributed by atoms with Gasteiger partial charge in [0.15, 0.2) is 0 Å². The quantitative estimate of drug-likeness (QED) is 0.549. The number of benzene rings is 1. The first-order chi connectivity index (χ1) is 9.19. The van der Waals surface area contributed by atoms with Crippen molar-refractivity contribution >= 4 is 16.5 Å². The molecule has 0 spiro atoms. The van der Waals surface area contributed by atoms with Gasteiger partial charge in [0.2, 0.25) is 0 Å². The third-order valence-electron chi connectivity index (χ3n) is 2.39. The molecule has 1 aromatic rings. The van der Waals surface area contributed by atoms with Crippen LogP contribution >= 0.6 is 0 Å². The molecule has 0 aliphatic carbocycles. The molecule has 6 heteroatoms.